The molecular weight excluding hydrogens is 506 g/mol. The Kier molecular flexibility index (Phi) is 9.93. The molecule has 0 unspecified atom stereocenters. The molecule has 1 nitrogen and oxygen atoms in total. The molecule has 0 saturated heterocycles. The zero-order chi connectivity index (χ0) is 29.3. The lowest BCUT2D eigenvalue weighted by atomic mass is 9.96. The lowest BCUT2D eigenvalue weighted by Gasteiger charge is -2.27. The van der Waals surface area contributed by atoms with Crippen molar-refractivity contribution in [1.82, 2.24) is 0 Å². The van der Waals surface area contributed by atoms with E-state index in [1.54, 1.807) is 0 Å². The summed E-state index contributed by atoms with van der Waals surface area (Å²) < 4.78 is 0. The predicted molar refractivity (Wildman–Crippen MR) is 182 cm³/mol. The summed E-state index contributed by atoms with van der Waals surface area (Å²) in [7, 11) is 0. The molecule has 0 radical (unpaired) electrons. The van der Waals surface area contributed by atoms with Crippen molar-refractivity contribution in [3.05, 3.63) is 149 Å². The van der Waals surface area contributed by atoms with Crippen molar-refractivity contribution in [2.75, 3.05) is 4.90 Å². The number of unbranched alkanes of at least 4 members (excludes halogenated alkanes) is 3. The second-order valence-corrected chi connectivity index (χ2v) is 11.8. The molecule has 0 fully saturated rings. The Morgan fingerprint density at radius 3 is 1.79 bits per heavy atom. The molecule has 0 heterocycles. The molecular formula is C41H45N. The van der Waals surface area contributed by atoms with E-state index in [0.717, 1.165) is 19.3 Å². The first-order valence-electron chi connectivity index (χ1n) is 15.7. The first kappa shape index (κ1) is 29.4. The van der Waals surface area contributed by atoms with Gasteiger partial charge in [-0.2, -0.15) is 0 Å². The minimum Gasteiger partial charge on any atom is -0.310 e. The number of anilines is 3. The van der Waals surface area contributed by atoms with Crippen LogP contribution in [0.4, 0.5) is 17.1 Å². The average Bonchev–Trinajstić information content (AvgIpc) is 3.01. The molecule has 0 saturated carbocycles. The van der Waals surface area contributed by atoms with E-state index in [1.807, 2.05) is 0 Å². The van der Waals surface area contributed by atoms with Crippen molar-refractivity contribution >= 4 is 17.1 Å². The minimum atomic E-state index is 1.03. The van der Waals surface area contributed by atoms with Crippen LogP contribution in [0, 0.1) is 20.8 Å². The van der Waals surface area contributed by atoms with Crippen LogP contribution in [0.5, 0.6) is 0 Å². The smallest absolute Gasteiger partial charge is 0.0490 e. The van der Waals surface area contributed by atoms with Gasteiger partial charge in [0.1, 0.15) is 0 Å². The van der Waals surface area contributed by atoms with Crippen LogP contribution < -0.4 is 4.90 Å². The third-order valence-corrected chi connectivity index (χ3v) is 8.38. The fourth-order valence-corrected chi connectivity index (χ4v) is 5.97. The summed E-state index contributed by atoms with van der Waals surface area (Å²) in [5.41, 5.74) is 14.4. The largest absolute Gasteiger partial charge is 0.310 e. The van der Waals surface area contributed by atoms with E-state index >= 15 is 0 Å². The summed E-state index contributed by atoms with van der Waals surface area (Å²) in [5.74, 6) is 0. The van der Waals surface area contributed by atoms with E-state index < -0.39 is 0 Å². The SMILES string of the molecule is CCCCCCc1ccc(N(c2ccccc2)c2ccc(CCc3ccc(-c4ccc(C)cc4C)cc3)cc2)c(C)c1. The molecule has 5 aromatic rings. The van der Waals surface area contributed by atoms with Gasteiger partial charge in [-0.25, -0.2) is 0 Å². The highest BCUT2D eigenvalue weighted by molar-refractivity contribution is 5.78. The van der Waals surface area contributed by atoms with Crippen LogP contribution in [0.15, 0.2) is 115 Å². The predicted octanol–water partition coefficient (Wildman–Crippen LogP) is 11.7. The zero-order valence-electron chi connectivity index (χ0n) is 25.9. The van der Waals surface area contributed by atoms with E-state index in [0.29, 0.717) is 0 Å². The molecule has 5 aromatic carbocycles. The summed E-state index contributed by atoms with van der Waals surface area (Å²) in [5, 5.41) is 0. The second kappa shape index (κ2) is 14.2. The Morgan fingerprint density at radius 1 is 0.500 bits per heavy atom. The fourth-order valence-electron chi connectivity index (χ4n) is 5.97. The number of benzene rings is 5. The van der Waals surface area contributed by atoms with Crippen LogP contribution in [0.2, 0.25) is 0 Å². The van der Waals surface area contributed by atoms with E-state index in [1.165, 1.54) is 87.3 Å². The number of hydrogen-bond donors (Lipinski definition) is 0. The molecule has 0 aliphatic heterocycles. The maximum absolute atomic E-state index is 2.39. The number of nitrogens with zero attached hydrogens (tertiary/aromatic N) is 1. The molecule has 0 spiro atoms. The van der Waals surface area contributed by atoms with Crippen LogP contribution in [0.1, 0.15) is 66.0 Å². The van der Waals surface area contributed by atoms with Crippen molar-refractivity contribution in [2.45, 2.75) is 72.6 Å². The third kappa shape index (κ3) is 7.39. The van der Waals surface area contributed by atoms with E-state index in [9.17, 15) is 0 Å². The van der Waals surface area contributed by atoms with Crippen molar-refractivity contribution in [1.29, 1.82) is 0 Å². The maximum Gasteiger partial charge on any atom is 0.0490 e. The van der Waals surface area contributed by atoms with Gasteiger partial charge < -0.3 is 4.90 Å². The number of aryl methyl sites for hydroxylation is 6. The summed E-state index contributed by atoms with van der Waals surface area (Å²) in [4.78, 5) is 2.39. The maximum atomic E-state index is 2.39. The van der Waals surface area contributed by atoms with Gasteiger partial charge in [-0.1, -0.05) is 117 Å². The normalized spacial score (nSPS) is 11.0. The molecule has 5 rings (SSSR count). The second-order valence-electron chi connectivity index (χ2n) is 11.8. The molecule has 0 aliphatic carbocycles. The third-order valence-electron chi connectivity index (χ3n) is 8.38. The van der Waals surface area contributed by atoms with E-state index in [-0.39, 0.29) is 0 Å². The lowest BCUT2D eigenvalue weighted by molar-refractivity contribution is 0.667. The van der Waals surface area contributed by atoms with Crippen LogP contribution in [0.25, 0.3) is 11.1 Å². The highest BCUT2D eigenvalue weighted by Crippen LogP contribution is 2.37. The fraction of sp³-hybridized carbons (Fsp3) is 0.268. The van der Waals surface area contributed by atoms with Crippen molar-refractivity contribution < 1.29 is 0 Å². The molecule has 42 heavy (non-hydrogen) atoms. The highest BCUT2D eigenvalue weighted by Gasteiger charge is 2.15. The summed E-state index contributed by atoms with van der Waals surface area (Å²) in [6.07, 6.45) is 8.42. The summed E-state index contributed by atoms with van der Waals surface area (Å²) >= 11 is 0. The van der Waals surface area contributed by atoms with Crippen LogP contribution in [-0.2, 0) is 19.3 Å². The van der Waals surface area contributed by atoms with Crippen LogP contribution in [0.3, 0.4) is 0 Å². The van der Waals surface area contributed by atoms with Crippen LogP contribution in [-0.4, -0.2) is 0 Å². The first-order chi connectivity index (χ1) is 20.5. The first-order valence-corrected chi connectivity index (χ1v) is 15.7. The summed E-state index contributed by atoms with van der Waals surface area (Å²) in [6, 6.07) is 42.7. The molecule has 0 aromatic heterocycles. The van der Waals surface area contributed by atoms with Crippen molar-refractivity contribution in [3.8, 4) is 11.1 Å². The van der Waals surface area contributed by atoms with Gasteiger partial charge in [0.25, 0.3) is 0 Å². The summed E-state index contributed by atoms with van der Waals surface area (Å²) in [6.45, 7) is 8.88. The average molecular weight is 552 g/mol. The Bertz CT molecular complexity index is 1560. The molecule has 0 amide bonds. The standard InChI is InChI=1S/C41H45N/c1-5-6-7-9-12-36-22-28-41(33(4)30-36)42(38-13-10-8-11-14-38)39-25-20-35(21-26-39)17-16-34-18-23-37(24-19-34)40-27-15-31(2)29-32(40)3/h8,10-11,13-15,18-30H,5-7,9,12,16-17H2,1-4H3. The number of rotatable bonds is 12. The zero-order valence-corrected chi connectivity index (χ0v) is 25.9. The Hall–Kier alpha value is -4.10. The van der Waals surface area contributed by atoms with Gasteiger partial charge in [-0.15, -0.1) is 0 Å². The molecule has 0 N–H and O–H groups in total. The molecule has 0 aliphatic rings. The molecule has 0 atom stereocenters. The van der Waals surface area contributed by atoms with Gasteiger partial charge >= 0.3 is 0 Å². The monoisotopic (exact) mass is 551 g/mol. The van der Waals surface area contributed by atoms with Crippen LogP contribution >= 0.6 is 0 Å². The van der Waals surface area contributed by atoms with Crippen molar-refractivity contribution in [3.63, 3.8) is 0 Å². The Balaban J connectivity index is 1.29. The van der Waals surface area contributed by atoms with Crippen molar-refractivity contribution in [2.24, 2.45) is 0 Å². The Morgan fingerprint density at radius 2 is 1.14 bits per heavy atom. The lowest BCUT2D eigenvalue weighted by Crippen LogP contribution is -2.11. The molecule has 1 heteroatoms. The number of hydrogen-bond acceptors (Lipinski definition) is 1. The molecule has 214 valence electrons. The quantitative estimate of drug-likeness (QED) is 0.139. The number of para-hydroxylation sites is 1. The van der Waals surface area contributed by atoms with Gasteiger partial charge in [0.15, 0.2) is 0 Å². The van der Waals surface area contributed by atoms with Gasteiger partial charge in [0.2, 0.25) is 0 Å². The van der Waals surface area contributed by atoms with E-state index in [4.69, 9.17) is 0 Å². The topological polar surface area (TPSA) is 3.24 Å². The molecule has 0 bridgehead atoms. The minimum absolute atomic E-state index is 1.03. The van der Waals surface area contributed by atoms with Gasteiger partial charge in [0, 0.05) is 17.1 Å². The Labute approximate surface area is 253 Å². The van der Waals surface area contributed by atoms with E-state index in [2.05, 4.69) is 148 Å². The highest BCUT2D eigenvalue weighted by atomic mass is 15.1. The van der Waals surface area contributed by atoms with Gasteiger partial charge in [0.05, 0.1) is 0 Å². The van der Waals surface area contributed by atoms with Gasteiger partial charge in [-0.05, 0) is 116 Å². The van der Waals surface area contributed by atoms with Gasteiger partial charge in [-0.3, -0.25) is 0 Å².